The molecule has 18 heavy (non-hydrogen) atoms. The van der Waals surface area contributed by atoms with Gasteiger partial charge >= 0.3 is 11.9 Å². The van der Waals surface area contributed by atoms with Crippen LogP contribution in [0.4, 0.5) is 0 Å². The van der Waals surface area contributed by atoms with Crippen LogP contribution >= 0.6 is 0 Å². The minimum Gasteiger partial charge on any atom is -0.466 e. The molecule has 0 unspecified atom stereocenters. The third-order valence-electron chi connectivity index (χ3n) is 3.28. The molecule has 6 nitrogen and oxygen atoms in total. The van der Waals surface area contributed by atoms with Crippen LogP contribution in [-0.4, -0.2) is 61.4 Å². The third kappa shape index (κ3) is 3.43. The molecule has 1 aliphatic heterocycles. The van der Waals surface area contributed by atoms with E-state index in [2.05, 4.69) is 14.4 Å². The van der Waals surface area contributed by atoms with E-state index in [-0.39, 0.29) is 6.42 Å². The maximum absolute atomic E-state index is 11.5. The highest BCUT2D eigenvalue weighted by atomic mass is 16.6. The van der Waals surface area contributed by atoms with Crippen LogP contribution in [0.2, 0.25) is 0 Å². The van der Waals surface area contributed by atoms with E-state index in [0.717, 1.165) is 40.2 Å². The average Bonchev–Trinajstić information content (AvgIpc) is 2.43. The number of carbonyl (C=O) groups is 2. The van der Waals surface area contributed by atoms with Crippen molar-refractivity contribution < 1.29 is 24.2 Å². The number of piperidine rings is 1. The SMILES string of the molecule is COC(=O)C(O)(CCN1CCCCC1)C(=O)OC. The zero-order valence-corrected chi connectivity index (χ0v) is 11.0. The summed E-state index contributed by atoms with van der Waals surface area (Å²) in [6, 6.07) is 0. The minimum absolute atomic E-state index is 0.00759. The minimum atomic E-state index is -2.19. The molecule has 0 spiro atoms. The summed E-state index contributed by atoms with van der Waals surface area (Å²) < 4.78 is 8.94. The van der Waals surface area contributed by atoms with E-state index < -0.39 is 17.5 Å². The summed E-state index contributed by atoms with van der Waals surface area (Å²) in [4.78, 5) is 25.2. The Morgan fingerprint density at radius 1 is 1.11 bits per heavy atom. The van der Waals surface area contributed by atoms with Gasteiger partial charge in [0, 0.05) is 13.0 Å². The second kappa shape index (κ2) is 6.70. The molecule has 1 rings (SSSR count). The van der Waals surface area contributed by atoms with Crippen LogP contribution in [0.5, 0.6) is 0 Å². The lowest BCUT2D eigenvalue weighted by Crippen LogP contribution is -2.50. The first-order chi connectivity index (χ1) is 8.54. The predicted octanol–water partition coefficient (Wildman–Crippen LogP) is -0.0605. The highest BCUT2D eigenvalue weighted by Crippen LogP contribution is 2.17. The first-order valence-corrected chi connectivity index (χ1v) is 6.16. The van der Waals surface area contributed by atoms with Gasteiger partial charge in [-0.1, -0.05) is 6.42 Å². The number of carbonyl (C=O) groups excluding carboxylic acids is 2. The second-order valence-electron chi connectivity index (χ2n) is 4.50. The summed E-state index contributed by atoms with van der Waals surface area (Å²) in [5, 5.41) is 10.1. The number of ether oxygens (including phenoxy) is 2. The fraction of sp³-hybridized carbons (Fsp3) is 0.833. The molecule has 0 aromatic heterocycles. The van der Waals surface area contributed by atoms with Crippen LogP contribution in [0.15, 0.2) is 0 Å². The molecule has 0 saturated carbocycles. The van der Waals surface area contributed by atoms with Crippen LogP contribution in [-0.2, 0) is 19.1 Å². The molecule has 0 aromatic carbocycles. The van der Waals surface area contributed by atoms with Gasteiger partial charge in [-0.15, -0.1) is 0 Å². The number of hydrogen-bond donors (Lipinski definition) is 1. The van der Waals surface area contributed by atoms with Crippen molar-refractivity contribution in [2.24, 2.45) is 0 Å². The Bertz CT molecular complexity index is 283. The fourth-order valence-corrected chi connectivity index (χ4v) is 2.13. The maximum Gasteiger partial charge on any atom is 0.349 e. The summed E-state index contributed by atoms with van der Waals surface area (Å²) in [6.07, 6.45) is 3.41. The normalized spacial score (nSPS) is 17.3. The summed E-state index contributed by atoms with van der Waals surface area (Å²) >= 11 is 0. The van der Waals surface area contributed by atoms with Gasteiger partial charge in [0.2, 0.25) is 0 Å². The number of nitrogens with zero attached hydrogens (tertiary/aromatic N) is 1. The average molecular weight is 259 g/mol. The Labute approximate surface area is 107 Å². The van der Waals surface area contributed by atoms with Crippen LogP contribution in [0.1, 0.15) is 25.7 Å². The number of rotatable bonds is 5. The first kappa shape index (κ1) is 14.9. The summed E-state index contributed by atoms with van der Waals surface area (Å²) in [7, 11) is 2.27. The molecular formula is C12H21NO5. The lowest BCUT2D eigenvalue weighted by molar-refractivity contribution is -0.181. The second-order valence-corrected chi connectivity index (χ2v) is 4.50. The van der Waals surface area contributed by atoms with E-state index in [1.165, 1.54) is 6.42 Å². The molecule has 1 saturated heterocycles. The Morgan fingerprint density at radius 2 is 1.61 bits per heavy atom. The largest absolute Gasteiger partial charge is 0.466 e. The molecule has 0 amide bonds. The van der Waals surface area contributed by atoms with Gasteiger partial charge < -0.3 is 19.5 Å². The number of aliphatic hydroxyl groups is 1. The molecule has 0 aliphatic carbocycles. The van der Waals surface area contributed by atoms with Crippen molar-refractivity contribution in [2.75, 3.05) is 33.9 Å². The Hall–Kier alpha value is -1.14. The molecule has 0 radical (unpaired) electrons. The van der Waals surface area contributed by atoms with Gasteiger partial charge in [0.15, 0.2) is 0 Å². The Kier molecular flexibility index (Phi) is 5.55. The van der Waals surface area contributed by atoms with E-state index in [0.29, 0.717) is 6.54 Å². The Morgan fingerprint density at radius 3 is 2.06 bits per heavy atom. The van der Waals surface area contributed by atoms with Gasteiger partial charge in [0.25, 0.3) is 5.60 Å². The Balaban J connectivity index is 2.60. The quantitative estimate of drug-likeness (QED) is 0.550. The number of methoxy groups -OCH3 is 2. The molecule has 1 aliphatic rings. The third-order valence-corrected chi connectivity index (χ3v) is 3.28. The lowest BCUT2D eigenvalue weighted by atomic mass is 9.99. The van der Waals surface area contributed by atoms with Gasteiger partial charge in [-0.3, -0.25) is 0 Å². The van der Waals surface area contributed by atoms with Crippen molar-refractivity contribution in [1.82, 2.24) is 4.90 Å². The predicted molar refractivity (Wildman–Crippen MR) is 63.9 cm³/mol. The van der Waals surface area contributed by atoms with E-state index >= 15 is 0 Å². The van der Waals surface area contributed by atoms with Crippen LogP contribution in [0.3, 0.4) is 0 Å². The molecule has 0 bridgehead atoms. The van der Waals surface area contributed by atoms with Crippen LogP contribution in [0, 0.1) is 0 Å². The molecule has 0 aromatic rings. The van der Waals surface area contributed by atoms with Gasteiger partial charge in [-0.2, -0.15) is 0 Å². The highest BCUT2D eigenvalue weighted by Gasteiger charge is 2.46. The molecular weight excluding hydrogens is 238 g/mol. The van der Waals surface area contributed by atoms with Gasteiger partial charge in [0.05, 0.1) is 14.2 Å². The van der Waals surface area contributed by atoms with Crippen molar-refractivity contribution in [2.45, 2.75) is 31.3 Å². The van der Waals surface area contributed by atoms with E-state index in [1.54, 1.807) is 0 Å². The highest BCUT2D eigenvalue weighted by molar-refractivity contribution is 6.03. The molecule has 1 N–H and O–H groups in total. The zero-order valence-electron chi connectivity index (χ0n) is 11.0. The van der Waals surface area contributed by atoms with E-state index in [9.17, 15) is 14.7 Å². The van der Waals surface area contributed by atoms with Crippen LogP contribution < -0.4 is 0 Å². The molecule has 0 atom stereocenters. The topological polar surface area (TPSA) is 76.1 Å². The molecule has 6 heteroatoms. The van der Waals surface area contributed by atoms with Gasteiger partial charge in [0.1, 0.15) is 0 Å². The monoisotopic (exact) mass is 259 g/mol. The van der Waals surface area contributed by atoms with Gasteiger partial charge in [-0.05, 0) is 25.9 Å². The van der Waals surface area contributed by atoms with Crippen molar-refractivity contribution in [3.8, 4) is 0 Å². The lowest BCUT2D eigenvalue weighted by Gasteiger charge is -2.29. The zero-order chi connectivity index (χ0) is 13.6. The molecule has 104 valence electrons. The van der Waals surface area contributed by atoms with E-state index in [4.69, 9.17) is 0 Å². The van der Waals surface area contributed by atoms with Crippen molar-refractivity contribution in [3.63, 3.8) is 0 Å². The molecule has 1 fully saturated rings. The first-order valence-electron chi connectivity index (χ1n) is 6.16. The standard InChI is InChI=1S/C12H21NO5/c1-17-10(14)12(16,11(15)18-2)6-9-13-7-4-3-5-8-13/h16H,3-9H2,1-2H3. The van der Waals surface area contributed by atoms with Crippen molar-refractivity contribution in [1.29, 1.82) is 0 Å². The van der Waals surface area contributed by atoms with E-state index in [1.807, 2.05) is 0 Å². The van der Waals surface area contributed by atoms with Crippen molar-refractivity contribution >= 4 is 11.9 Å². The van der Waals surface area contributed by atoms with Gasteiger partial charge in [-0.25, -0.2) is 9.59 Å². The number of esters is 2. The summed E-state index contributed by atoms with van der Waals surface area (Å²) in [5.74, 6) is -1.93. The smallest absolute Gasteiger partial charge is 0.349 e. The number of likely N-dealkylation sites (tertiary alicyclic amines) is 1. The van der Waals surface area contributed by atoms with Crippen molar-refractivity contribution in [3.05, 3.63) is 0 Å². The van der Waals surface area contributed by atoms with Crippen LogP contribution in [0.25, 0.3) is 0 Å². The fourth-order valence-electron chi connectivity index (χ4n) is 2.13. The maximum atomic E-state index is 11.5. The molecule has 1 heterocycles. The summed E-state index contributed by atoms with van der Waals surface area (Å²) in [5.41, 5.74) is -2.19. The number of hydrogen-bond acceptors (Lipinski definition) is 6. The summed E-state index contributed by atoms with van der Waals surface area (Å²) in [6.45, 7) is 2.33.